The molecule has 0 radical (unpaired) electrons. The lowest BCUT2D eigenvalue weighted by Gasteiger charge is -2.30. The summed E-state index contributed by atoms with van der Waals surface area (Å²) in [5.74, 6) is 1.76. The van der Waals surface area contributed by atoms with E-state index in [1.54, 1.807) is 0 Å². The molecule has 1 saturated carbocycles. The lowest BCUT2D eigenvalue weighted by molar-refractivity contribution is 0.0336. The minimum absolute atomic E-state index is 0.237. The first-order valence-corrected chi connectivity index (χ1v) is 8.34. The van der Waals surface area contributed by atoms with E-state index in [2.05, 4.69) is 33.0 Å². The predicted octanol–water partition coefficient (Wildman–Crippen LogP) is 4.14. The number of hydrogen-bond acceptors (Lipinski definition) is 2. The van der Waals surface area contributed by atoms with Crippen molar-refractivity contribution in [2.45, 2.75) is 90.4 Å². The van der Waals surface area contributed by atoms with Gasteiger partial charge in [0, 0.05) is 5.54 Å². The Morgan fingerprint density at radius 1 is 1.11 bits per heavy atom. The lowest BCUT2D eigenvalue weighted by atomic mass is 9.85. The van der Waals surface area contributed by atoms with E-state index in [1.165, 1.54) is 51.5 Å². The van der Waals surface area contributed by atoms with Gasteiger partial charge in [0.1, 0.15) is 0 Å². The van der Waals surface area contributed by atoms with E-state index in [-0.39, 0.29) is 5.54 Å². The van der Waals surface area contributed by atoms with Crippen molar-refractivity contribution in [3.05, 3.63) is 0 Å². The normalized spacial score (nSPS) is 30.9. The molecule has 0 aromatic carbocycles. The third kappa shape index (κ3) is 5.07. The van der Waals surface area contributed by atoms with Crippen molar-refractivity contribution in [2.75, 3.05) is 6.54 Å². The van der Waals surface area contributed by atoms with Crippen LogP contribution in [0.2, 0.25) is 0 Å². The molecule has 0 aromatic rings. The van der Waals surface area contributed by atoms with Crippen LogP contribution in [0.3, 0.4) is 0 Å². The highest BCUT2D eigenvalue weighted by Gasteiger charge is 2.31. The molecule has 0 spiro atoms. The van der Waals surface area contributed by atoms with Crippen LogP contribution >= 0.6 is 0 Å². The molecule has 3 unspecified atom stereocenters. The van der Waals surface area contributed by atoms with Crippen LogP contribution in [0.5, 0.6) is 0 Å². The molecule has 1 saturated heterocycles. The van der Waals surface area contributed by atoms with E-state index in [9.17, 15) is 0 Å². The van der Waals surface area contributed by atoms with Crippen molar-refractivity contribution >= 4 is 0 Å². The number of ether oxygens (including phenoxy) is 1. The van der Waals surface area contributed by atoms with Crippen LogP contribution in [0.15, 0.2) is 0 Å². The largest absolute Gasteiger partial charge is 0.375 e. The summed E-state index contributed by atoms with van der Waals surface area (Å²) in [6.07, 6.45) is 10.6. The summed E-state index contributed by atoms with van der Waals surface area (Å²) in [6.45, 7) is 10.2. The van der Waals surface area contributed by atoms with Gasteiger partial charge < -0.3 is 10.1 Å². The molecule has 2 rings (SSSR count). The zero-order chi connectivity index (χ0) is 13.9. The first-order valence-electron chi connectivity index (χ1n) is 8.34. The Hall–Kier alpha value is -0.0800. The van der Waals surface area contributed by atoms with Crippen molar-refractivity contribution in [3.63, 3.8) is 0 Å². The molecule has 3 atom stereocenters. The molecule has 19 heavy (non-hydrogen) atoms. The highest BCUT2D eigenvalue weighted by Crippen LogP contribution is 2.36. The van der Waals surface area contributed by atoms with Crippen molar-refractivity contribution in [3.8, 4) is 0 Å². The molecule has 0 amide bonds. The van der Waals surface area contributed by atoms with E-state index in [0.717, 1.165) is 11.8 Å². The average Bonchev–Trinajstić information content (AvgIpc) is 2.94. The minimum Gasteiger partial charge on any atom is -0.375 e. The monoisotopic (exact) mass is 267 g/mol. The molecular weight excluding hydrogens is 234 g/mol. The molecule has 0 aromatic heterocycles. The van der Waals surface area contributed by atoms with Gasteiger partial charge in [-0.2, -0.15) is 0 Å². The third-order valence-corrected chi connectivity index (χ3v) is 4.85. The topological polar surface area (TPSA) is 21.3 Å². The minimum atomic E-state index is 0.237. The summed E-state index contributed by atoms with van der Waals surface area (Å²) >= 11 is 0. The Kier molecular flexibility index (Phi) is 5.30. The molecule has 2 nitrogen and oxygen atoms in total. The molecule has 1 aliphatic carbocycles. The Morgan fingerprint density at radius 3 is 2.32 bits per heavy atom. The van der Waals surface area contributed by atoms with Gasteiger partial charge in [-0.3, -0.25) is 0 Å². The Balaban J connectivity index is 1.86. The quantitative estimate of drug-likeness (QED) is 0.808. The number of hydrogen-bond donors (Lipinski definition) is 1. The van der Waals surface area contributed by atoms with E-state index in [1.807, 2.05) is 0 Å². The van der Waals surface area contributed by atoms with Gasteiger partial charge in [-0.05, 0) is 65.3 Å². The highest BCUT2D eigenvalue weighted by molar-refractivity contribution is 4.84. The van der Waals surface area contributed by atoms with Gasteiger partial charge in [0.25, 0.3) is 0 Å². The molecule has 2 fully saturated rings. The van der Waals surface area contributed by atoms with Crippen molar-refractivity contribution in [1.29, 1.82) is 0 Å². The SMILES string of the molecule is CC1CCC(CC(CNC(C)(C)C)C2CCCC2)O1. The van der Waals surface area contributed by atoms with Gasteiger partial charge >= 0.3 is 0 Å². The lowest BCUT2D eigenvalue weighted by Crippen LogP contribution is -2.41. The maximum Gasteiger partial charge on any atom is 0.0583 e. The summed E-state index contributed by atoms with van der Waals surface area (Å²) in [5.41, 5.74) is 0.237. The maximum atomic E-state index is 6.06. The third-order valence-electron chi connectivity index (χ3n) is 4.85. The van der Waals surface area contributed by atoms with Gasteiger partial charge in [-0.1, -0.05) is 25.7 Å². The van der Waals surface area contributed by atoms with Crippen molar-refractivity contribution < 1.29 is 4.74 Å². The van der Waals surface area contributed by atoms with Crippen LogP contribution < -0.4 is 5.32 Å². The van der Waals surface area contributed by atoms with Gasteiger partial charge in [-0.25, -0.2) is 0 Å². The molecule has 2 heteroatoms. The molecule has 1 aliphatic heterocycles. The first-order chi connectivity index (χ1) is 8.94. The number of nitrogens with one attached hydrogen (secondary N) is 1. The second-order valence-electron chi connectivity index (χ2n) is 7.82. The fourth-order valence-corrected chi connectivity index (χ4v) is 3.70. The summed E-state index contributed by atoms with van der Waals surface area (Å²) < 4.78 is 6.06. The van der Waals surface area contributed by atoms with E-state index in [0.29, 0.717) is 12.2 Å². The summed E-state index contributed by atoms with van der Waals surface area (Å²) in [6, 6.07) is 0. The smallest absolute Gasteiger partial charge is 0.0583 e. The van der Waals surface area contributed by atoms with Gasteiger partial charge in [0.2, 0.25) is 0 Å². The first kappa shape index (κ1) is 15.3. The summed E-state index contributed by atoms with van der Waals surface area (Å²) in [4.78, 5) is 0. The number of rotatable bonds is 5. The molecule has 1 heterocycles. The molecule has 112 valence electrons. The van der Waals surface area contributed by atoms with E-state index >= 15 is 0 Å². The van der Waals surface area contributed by atoms with Crippen molar-refractivity contribution in [1.82, 2.24) is 5.32 Å². The Morgan fingerprint density at radius 2 is 1.79 bits per heavy atom. The van der Waals surface area contributed by atoms with Crippen LogP contribution in [0.25, 0.3) is 0 Å². The van der Waals surface area contributed by atoms with Crippen LogP contribution in [0.4, 0.5) is 0 Å². The molecule has 2 aliphatic rings. The Bertz CT molecular complexity index is 265. The Labute approximate surface area is 119 Å². The van der Waals surface area contributed by atoms with Gasteiger partial charge in [0.05, 0.1) is 12.2 Å². The second-order valence-corrected chi connectivity index (χ2v) is 7.82. The zero-order valence-electron chi connectivity index (χ0n) is 13.4. The predicted molar refractivity (Wildman–Crippen MR) is 81.4 cm³/mol. The van der Waals surface area contributed by atoms with E-state index < -0.39 is 0 Å². The summed E-state index contributed by atoms with van der Waals surface area (Å²) in [7, 11) is 0. The highest BCUT2D eigenvalue weighted by atomic mass is 16.5. The maximum absolute atomic E-state index is 6.06. The van der Waals surface area contributed by atoms with E-state index in [4.69, 9.17) is 4.74 Å². The molecular formula is C17H33NO. The van der Waals surface area contributed by atoms with Crippen LogP contribution in [0.1, 0.15) is 72.6 Å². The van der Waals surface area contributed by atoms with Crippen LogP contribution in [-0.4, -0.2) is 24.3 Å². The van der Waals surface area contributed by atoms with Crippen LogP contribution in [-0.2, 0) is 4.74 Å². The fraction of sp³-hybridized carbons (Fsp3) is 1.00. The van der Waals surface area contributed by atoms with Crippen molar-refractivity contribution in [2.24, 2.45) is 11.8 Å². The van der Waals surface area contributed by atoms with Gasteiger partial charge in [-0.15, -0.1) is 0 Å². The zero-order valence-corrected chi connectivity index (χ0v) is 13.4. The van der Waals surface area contributed by atoms with Crippen LogP contribution in [0, 0.1) is 11.8 Å². The molecule has 0 bridgehead atoms. The molecule has 1 N–H and O–H groups in total. The second kappa shape index (κ2) is 6.58. The standard InChI is InChI=1S/C17H33NO/c1-13-9-10-16(19-13)11-15(12-18-17(2,3)4)14-7-5-6-8-14/h13-16,18H,5-12H2,1-4H3. The fourth-order valence-electron chi connectivity index (χ4n) is 3.70. The summed E-state index contributed by atoms with van der Waals surface area (Å²) in [5, 5.41) is 3.73. The van der Waals surface area contributed by atoms with Gasteiger partial charge in [0.15, 0.2) is 0 Å². The average molecular weight is 267 g/mol.